The van der Waals surface area contributed by atoms with E-state index in [4.69, 9.17) is 18.0 Å². The molecule has 6 nitrogen and oxygen atoms in total. The number of nitrogens with one attached hydrogen (secondary N) is 1. The highest BCUT2D eigenvalue weighted by Crippen LogP contribution is 2.31. The molecule has 7 heteroatoms. The summed E-state index contributed by atoms with van der Waals surface area (Å²) in [6, 6.07) is 9.65. The van der Waals surface area contributed by atoms with Gasteiger partial charge < -0.3 is 5.32 Å². The molecular weight excluding hydrogens is 316 g/mol. The number of halogens is 1. The molecule has 0 fully saturated rings. The highest BCUT2D eigenvalue weighted by atomic mass is 35.5. The zero-order valence-corrected chi connectivity index (χ0v) is 12.4. The monoisotopic (exact) mass is 324 g/mol. The van der Waals surface area contributed by atoms with Gasteiger partial charge in [0.1, 0.15) is 12.1 Å². The second kappa shape index (κ2) is 5.91. The summed E-state index contributed by atoms with van der Waals surface area (Å²) in [5.41, 5.74) is 1.58. The molecule has 3 aromatic rings. The Hall–Kier alpha value is -3.17. The summed E-state index contributed by atoms with van der Waals surface area (Å²) < 4.78 is 0. The van der Waals surface area contributed by atoms with Crippen molar-refractivity contribution in [3.8, 4) is 12.3 Å². The maximum atomic E-state index is 10.8. The van der Waals surface area contributed by atoms with Crippen molar-refractivity contribution >= 4 is 39.7 Å². The molecule has 23 heavy (non-hydrogen) atoms. The molecule has 1 aromatic heterocycles. The minimum atomic E-state index is -0.470. The van der Waals surface area contributed by atoms with Crippen LogP contribution in [0.4, 0.5) is 17.2 Å². The zero-order valence-electron chi connectivity index (χ0n) is 11.7. The minimum Gasteiger partial charge on any atom is -0.338 e. The van der Waals surface area contributed by atoms with Gasteiger partial charge in [-0.1, -0.05) is 23.6 Å². The lowest BCUT2D eigenvalue weighted by atomic mass is 10.2. The number of non-ortho nitro benzene ring substituents is 1. The van der Waals surface area contributed by atoms with Crippen LogP contribution >= 0.6 is 11.6 Å². The molecule has 0 spiro atoms. The van der Waals surface area contributed by atoms with E-state index in [-0.39, 0.29) is 5.69 Å². The summed E-state index contributed by atoms with van der Waals surface area (Å²) in [5, 5.41) is 15.0. The summed E-state index contributed by atoms with van der Waals surface area (Å²) in [4.78, 5) is 18.6. The van der Waals surface area contributed by atoms with Gasteiger partial charge in [-0.25, -0.2) is 9.97 Å². The Morgan fingerprint density at radius 1 is 1.26 bits per heavy atom. The lowest BCUT2D eigenvalue weighted by Crippen LogP contribution is -1.98. The van der Waals surface area contributed by atoms with Crippen molar-refractivity contribution in [3.63, 3.8) is 0 Å². The Balaban J connectivity index is 2.08. The first-order valence-corrected chi connectivity index (χ1v) is 6.89. The lowest BCUT2D eigenvalue weighted by molar-refractivity contribution is -0.384. The second-order valence-corrected chi connectivity index (χ2v) is 5.00. The molecule has 1 N–H and O–H groups in total. The van der Waals surface area contributed by atoms with E-state index in [9.17, 15) is 10.1 Å². The summed E-state index contributed by atoms with van der Waals surface area (Å²) >= 11 is 6.24. The number of nitrogens with zero attached hydrogens (tertiary/aromatic N) is 3. The number of rotatable bonds is 3. The maximum Gasteiger partial charge on any atom is 0.271 e. The van der Waals surface area contributed by atoms with Crippen LogP contribution in [0, 0.1) is 22.5 Å². The largest absolute Gasteiger partial charge is 0.338 e. The normalized spacial score (nSPS) is 10.3. The van der Waals surface area contributed by atoms with Crippen molar-refractivity contribution in [1.82, 2.24) is 9.97 Å². The number of nitro benzene ring substituents is 1. The van der Waals surface area contributed by atoms with Gasteiger partial charge in [0, 0.05) is 23.1 Å². The molecule has 1 heterocycles. The van der Waals surface area contributed by atoms with Gasteiger partial charge in [-0.15, -0.1) is 6.42 Å². The first kappa shape index (κ1) is 14.8. The van der Waals surface area contributed by atoms with Gasteiger partial charge in [0.2, 0.25) is 0 Å². The van der Waals surface area contributed by atoms with Crippen LogP contribution in [-0.2, 0) is 0 Å². The number of fused-ring (bicyclic) bond motifs is 1. The molecule has 0 radical (unpaired) electrons. The van der Waals surface area contributed by atoms with Crippen molar-refractivity contribution in [1.29, 1.82) is 0 Å². The van der Waals surface area contributed by atoms with E-state index in [0.717, 1.165) is 0 Å². The van der Waals surface area contributed by atoms with Crippen LogP contribution in [0.5, 0.6) is 0 Å². The van der Waals surface area contributed by atoms with Crippen molar-refractivity contribution in [3.05, 3.63) is 63.4 Å². The predicted molar refractivity (Wildman–Crippen MR) is 88.9 cm³/mol. The van der Waals surface area contributed by atoms with E-state index in [1.54, 1.807) is 24.3 Å². The van der Waals surface area contributed by atoms with Crippen LogP contribution in [-0.4, -0.2) is 14.9 Å². The predicted octanol–water partition coefficient (Wildman–Crippen LogP) is 3.92. The third-order valence-electron chi connectivity index (χ3n) is 3.24. The van der Waals surface area contributed by atoms with Gasteiger partial charge >= 0.3 is 0 Å². The van der Waals surface area contributed by atoms with Gasteiger partial charge in [-0.3, -0.25) is 10.1 Å². The topological polar surface area (TPSA) is 81.0 Å². The highest BCUT2D eigenvalue weighted by molar-refractivity contribution is 6.34. The van der Waals surface area contributed by atoms with Gasteiger partial charge in [0.15, 0.2) is 0 Å². The molecule has 0 bridgehead atoms. The van der Waals surface area contributed by atoms with Gasteiger partial charge in [-0.2, -0.15) is 0 Å². The van der Waals surface area contributed by atoms with Crippen LogP contribution in [0.2, 0.25) is 5.02 Å². The smallest absolute Gasteiger partial charge is 0.271 e. The van der Waals surface area contributed by atoms with E-state index in [1.165, 1.54) is 18.5 Å². The Kier molecular flexibility index (Phi) is 3.79. The van der Waals surface area contributed by atoms with Gasteiger partial charge in [0.05, 0.1) is 21.2 Å². The standard InChI is InChI=1S/C16H9ClN4O2/c1-2-10-4-3-5-13(15(10)17)20-16-12-7-6-11(21(22)23)8-14(12)18-9-19-16/h1,3-9H,(H,18,19,20). The zero-order chi connectivity index (χ0) is 16.4. The molecule has 0 saturated carbocycles. The number of terminal acetylenes is 1. The number of nitro groups is 1. The molecule has 3 rings (SSSR count). The van der Waals surface area contributed by atoms with Crippen molar-refractivity contribution < 1.29 is 4.92 Å². The number of hydrogen-bond acceptors (Lipinski definition) is 5. The fraction of sp³-hybridized carbons (Fsp3) is 0. The summed E-state index contributed by atoms with van der Waals surface area (Å²) in [6.45, 7) is 0. The van der Waals surface area contributed by atoms with Crippen LogP contribution in [0.15, 0.2) is 42.7 Å². The molecule has 0 aliphatic rings. The molecule has 2 aromatic carbocycles. The summed E-state index contributed by atoms with van der Waals surface area (Å²) in [5.74, 6) is 2.99. The van der Waals surface area contributed by atoms with Crippen LogP contribution in [0.25, 0.3) is 10.9 Å². The van der Waals surface area contributed by atoms with E-state index in [2.05, 4.69) is 21.2 Å². The van der Waals surface area contributed by atoms with Crippen LogP contribution in [0.3, 0.4) is 0 Å². The van der Waals surface area contributed by atoms with Crippen LogP contribution < -0.4 is 5.32 Å². The molecule has 0 unspecified atom stereocenters. The van der Waals surface area contributed by atoms with E-state index in [1.807, 2.05) is 0 Å². The average molecular weight is 325 g/mol. The Bertz CT molecular complexity index is 966. The Morgan fingerprint density at radius 3 is 2.83 bits per heavy atom. The number of aromatic nitrogens is 2. The molecular formula is C16H9ClN4O2. The van der Waals surface area contributed by atoms with Crippen molar-refractivity contribution in [2.24, 2.45) is 0 Å². The van der Waals surface area contributed by atoms with E-state index in [0.29, 0.717) is 33.0 Å². The van der Waals surface area contributed by atoms with Gasteiger partial charge in [-0.05, 0) is 18.2 Å². The van der Waals surface area contributed by atoms with Crippen molar-refractivity contribution in [2.75, 3.05) is 5.32 Å². The third kappa shape index (κ3) is 2.78. The molecule has 0 aliphatic carbocycles. The molecule has 0 aliphatic heterocycles. The van der Waals surface area contributed by atoms with E-state index < -0.39 is 4.92 Å². The quantitative estimate of drug-likeness (QED) is 0.448. The average Bonchev–Trinajstić information content (AvgIpc) is 2.56. The molecule has 0 amide bonds. The third-order valence-corrected chi connectivity index (χ3v) is 3.65. The summed E-state index contributed by atoms with van der Waals surface area (Å²) in [7, 11) is 0. The fourth-order valence-electron chi connectivity index (χ4n) is 2.13. The Labute approximate surface area is 136 Å². The SMILES string of the molecule is C#Cc1cccc(Nc2ncnc3cc([N+](=O)[O-])ccc23)c1Cl. The Morgan fingerprint density at radius 2 is 2.09 bits per heavy atom. The lowest BCUT2D eigenvalue weighted by Gasteiger charge is -2.10. The second-order valence-electron chi connectivity index (χ2n) is 4.62. The first-order chi connectivity index (χ1) is 11.1. The van der Waals surface area contributed by atoms with E-state index >= 15 is 0 Å². The highest BCUT2D eigenvalue weighted by Gasteiger charge is 2.12. The van der Waals surface area contributed by atoms with Crippen molar-refractivity contribution in [2.45, 2.75) is 0 Å². The number of anilines is 2. The minimum absolute atomic E-state index is 0.0329. The molecule has 0 atom stereocenters. The maximum absolute atomic E-state index is 10.8. The number of hydrogen-bond donors (Lipinski definition) is 1. The molecule has 0 saturated heterocycles. The first-order valence-electron chi connectivity index (χ1n) is 6.51. The molecule has 112 valence electrons. The summed E-state index contributed by atoms with van der Waals surface area (Å²) in [6.07, 6.45) is 6.72. The van der Waals surface area contributed by atoms with Gasteiger partial charge in [0.25, 0.3) is 5.69 Å². The van der Waals surface area contributed by atoms with Crippen LogP contribution in [0.1, 0.15) is 5.56 Å². The fourth-order valence-corrected chi connectivity index (χ4v) is 2.35. The number of benzene rings is 2.